The van der Waals surface area contributed by atoms with Crippen molar-refractivity contribution >= 4 is 29.4 Å². The summed E-state index contributed by atoms with van der Waals surface area (Å²) in [4.78, 5) is 23.5. The SMILES string of the molecule is CSc1ccc(-c2nnc(NC(=O)c3cccc([N+](=O)[O-])c3)o2)cc1. The minimum atomic E-state index is -0.573. The molecule has 0 aliphatic heterocycles. The number of nitro benzene ring substituents is 1. The van der Waals surface area contributed by atoms with Crippen LogP contribution in [-0.2, 0) is 0 Å². The van der Waals surface area contributed by atoms with Gasteiger partial charge in [-0.3, -0.25) is 20.2 Å². The fourth-order valence-corrected chi connectivity index (χ4v) is 2.46. The third-order valence-corrected chi connectivity index (χ3v) is 4.05. The zero-order chi connectivity index (χ0) is 17.8. The van der Waals surface area contributed by atoms with E-state index in [9.17, 15) is 14.9 Å². The predicted molar refractivity (Wildman–Crippen MR) is 92.6 cm³/mol. The first-order chi connectivity index (χ1) is 12.1. The number of hydrogen-bond acceptors (Lipinski definition) is 7. The van der Waals surface area contributed by atoms with Gasteiger partial charge in [0.05, 0.1) is 4.92 Å². The maximum absolute atomic E-state index is 12.2. The maximum Gasteiger partial charge on any atom is 0.322 e. The molecule has 0 spiro atoms. The smallest absolute Gasteiger partial charge is 0.322 e. The van der Waals surface area contributed by atoms with Crippen molar-refractivity contribution in [1.29, 1.82) is 0 Å². The van der Waals surface area contributed by atoms with Crippen LogP contribution in [0.3, 0.4) is 0 Å². The molecule has 25 heavy (non-hydrogen) atoms. The number of carbonyl (C=O) groups excluding carboxylic acids is 1. The van der Waals surface area contributed by atoms with E-state index in [4.69, 9.17) is 4.42 Å². The van der Waals surface area contributed by atoms with Crippen LogP contribution in [0.2, 0.25) is 0 Å². The molecule has 8 nitrogen and oxygen atoms in total. The Morgan fingerprint density at radius 2 is 1.96 bits per heavy atom. The Hall–Kier alpha value is -3.20. The molecule has 126 valence electrons. The third kappa shape index (κ3) is 3.83. The molecule has 0 saturated heterocycles. The van der Waals surface area contributed by atoms with Crippen molar-refractivity contribution in [2.24, 2.45) is 0 Å². The van der Waals surface area contributed by atoms with Crippen molar-refractivity contribution in [3.8, 4) is 11.5 Å². The zero-order valence-corrected chi connectivity index (χ0v) is 13.8. The summed E-state index contributed by atoms with van der Waals surface area (Å²) in [5.74, 6) is -0.307. The van der Waals surface area contributed by atoms with E-state index >= 15 is 0 Å². The summed E-state index contributed by atoms with van der Waals surface area (Å²) < 4.78 is 5.42. The molecule has 1 amide bonds. The van der Waals surface area contributed by atoms with Gasteiger partial charge in [-0.1, -0.05) is 11.2 Å². The molecule has 3 aromatic rings. The zero-order valence-electron chi connectivity index (χ0n) is 13.0. The lowest BCUT2D eigenvalue weighted by atomic mass is 10.2. The average molecular weight is 356 g/mol. The number of thioether (sulfide) groups is 1. The minimum Gasteiger partial charge on any atom is -0.403 e. The molecule has 0 fully saturated rings. The van der Waals surface area contributed by atoms with Crippen molar-refractivity contribution in [2.75, 3.05) is 11.6 Å². The van der Waals surface area contributed by atoms with Crippen LogP contribution in [0.25, 0.3) is 11.5 Å². The summed E-state index contributed by atoms with van der Waals surface area (Å²) in [6, 6.07) is 12.8. The average Bonchev–Trinajstić information content (AvgIpc) is 3.10. The summed E-state index contributed by atoms with van der Waals surface area (Å²) in [5, 5.41) is 20.9. The molecule has 0 atom stereocenters. The molecule has 0 radical (unpaired) electrons. The van der Waals surface area contributed by atoms with Crippen molar-refractivity contribution in [3.63, 3.8) is 0 Å². The second-order valence-corrected chi connectivity index (χ2v) is 5.78. The standard InChI is InChI=1S/C16H12N4O4S/c1-25-13-7-5-10(6-8-13)15-18-19-16(24-15)17-14(21)11-3-2-4-12(9-11)20(22)23/h2-9H,1H3,(H,17,19,21). The number of amides is 1. The highest BCUT2D eigenvalue weighted by atomic mass is 32.2. The van der Waals surface area contributed by atoms with Crippen LogP contribution in [-0.4, -0.2) is 27.3 Å². The lowest BCUT2D eigenvalue weighted by Gasteiger charge is -2.00. The Balaban J connectivity index is 1.75. The van der Waals surface area contributed by atoms with Gasteiger partial charge in [-0.15, -0.1) is 16.9 Å². The summed E-state index contributed by atoms with van der Waals surface area (Å²) in [6.07, 6.45) is 1.98. The normalized spacial score (nSPS) is 10.4. The highest BCUT2D eigenvalue weighted by molar-refractivity contribution is 7.98. The Bertz CT molecular complexity index is 924. The van der Waals surface area contributed by atoms with Crippen LogP contribution < -0.4 is 5.32 Å². The van der Waals surface area contributed by atoms with E-state index in [0.717, 1.165) is 10.5 Å². The molecular weight excluding hydrogens is 344 g/mol. The molecule has 1 aromatic heterocycles. The summed E-state index contributed by atoms with van der Waals surface area (Å²) in [7, 11) is 0. The van der Waals surface area contributed by atoms with Gasteiger partial charge in [-0.2, -0.15) is 0 Å². The topological polar surface area (TPSA) is 111 Å². The van der Waals surface area contributed by atoms with Gasteiger partial charge in [-0.05, 0) is 36.6 Å². The summed E-state index contributed by atoms with van der Waals surface area (Å²) in [6.45, 7) is 0. The van der Waals surface area contributed by atoms with E-state index in [2.05, 4.69) is 15.5 Å². The number of rotatable bonds is 5. The number of carbonyl (C=O) groups is 1. The first kappa shape index (κ1) is 16.7. The van der Waals surface area contributed by atoms with Crippen LogP contribution in [0.15, 0.2) is 57.8 Å². The van der Waals surface area contributed by atoms with Gasteiger partial charge in [-0.25, -0.2) is 0 Å². The van der Waals surface area contributed by atoms with Gasteiger partial charge >= 0.3 is 6.01 Å². The third-order valence-electron chi connectivity index (χ3n) is 3.30. The van der Waals surface area contributed by atoms with Crippen molar-refractivity contribution in [3.05, 3.63) is 64.2 Å². The molecule has 1 heterocycles. The first-order valence-corrected chi connectivity index (χ1v) is 8.33. The Morgan fingerprint density at radius 1 is 1.20 bits per heavy atom. The quantitative estimate of drug-likeness (QED) is 0.422. The van der Waals surface area contributed by atoms with Crippen LogP contribution in [0.5, 0.6) is 0 Å². The predicted octanol–water partition coefficient (Wildman–Crippen LogP) is 3.62. The van der Waals surface area contributed by atoms with Crippen LogP contribution in [0.4, 0.5) is 11.7 Å². The largest absolute Gasteiger partial charge is 0.403 e. The first-order valence-electron chi connectivity index (χ1n) is 7.10. The van der Waals surface area contributed by atoms with Crippen molar-refractivity contribution in [2.45, 2.75) is 4.90 Å². The van der Waals surface area contributed by atoms with Crippen LogP contribution >= 0.6 is 11.8 Å². The Morgan fingerprint density at radius 3 is 2.64 bits per heavy atom. The molecule has 2 aromatic carbocycles. The van der Waals surface area contributed by atoms with E-state index < -0.39 is 10.8 Å². The summed E-state index contributed by atoms with van der Waals surface area (Å²) in [5.41, 5.74) is 0.673. The van der Waals surface area contributed by atoms with Crippen LogP contribution in [0.1, 0.15) is 10.4 Å². The van der Waals surface area contributed by atoms with Gasteiger partial charge in [0, 0.05) is 28.2 Å². The number of nitro groups is 1. The lowest BCUT2D eigenvalue weighted by Crippen LogP contribution is -2.12. The number of aromatic nitrogens is 2. The molecule has 1 N–H and O–H groups in total. The lowest BCUT2D eigenvalue weighted by molar-refractivity contribution is -0.384. The molecule has 9 heteroatoms. The monoisotopic (exact) mass is 356 g/mol. The summed E-state index contributed by atoms with van der Waals surface area (Å²) >= 11 is 1.62. The van der Waals surface area contributed by atoms with Crippen LogP contribution in [0, 0.1) is 10.1 Å². The number of benzene rings is 2. The van der Waals surface area contributed by atoms with Gasteiger partial charge in [0.2, 0.25) is 5.89 Å². The van der Waals surface area contributed by atoms with Gasteiger partial charge in [0.1, 0.15) is 0 Å². The van der Waals surface area contributed by atoms with Gasteiger partial charge in [0.25, 0.3) is 11.6 Å². The number of nitrogens with one attached hydrogen (secondary N) is 1. The molecule has 0 aliphatic rings. The number of non-ortho nitro benzene ring substituents is 1. The highest BCUT2D eigenvalue weighted by Crippen LogP contribution is 2.23. The number of anilines is 1. The fraction of sp³-hybridized carbons (Fsp3) is 0.0625. The molecule has 3 rings (SSSR count). The van der Waals surface area contributed by atoms with Crippen molar-refractivity contribution in [1.82, 2.24) is 10.2 Å². The fourth-order valence-electron chi connectivity index (χ4n) is 2.05. The Labute approximate surface area is 146 Å². The molecule has 0 bridgehead atoms. The highest BCUT2D eigenvalue weighted by Gasteiger charge is 2.15. The molecule has 0 saturated carbocycles. The number of nitrogens with zero attached hydrogens (tertiary/aromatic N) is 3. The van der Waals surface area contributed by atoms with Crippen molar-refractivity contribution < 1.29 is 14.1 Å². The molecule has 0 aliphatic carbocycles. The molecule has 0 unspecified atom stereocenters. The van der Waals surface area contributed by atoms with E-state index in [-0.39, 0.29) is 23.2 Å². The maximum atomic E-state index is 12.2. The second kappa shape index (κ2) is 7.14. The Kier molecular flexibility index (Phi) is 4.75. The minimum absolute atomic E-state index is 0.0829. The van der Waals surface area contributed by atoms with E-state index in [1.165, 1.54) is 24.3 Å². The molecular formula is C16H12N4O4S. The number of hydrogen-bond donors (Lipinski definition) is 1. The second-order valence-electron chi connectivity index (χ2n) is 4.90. The van der Waals surface area contributed by atoms with E-state index in [0.29, 0.717) is 0 Å². The van der Waals surface area contributed by atoms with E-state index in [1.807, 2.05) is 30.5 Å². The van der Waals surface area contributed by atoms with Gasteiger partial charge in [0.15, 0.2) is 0 Å². The van der Waals surface area contributed by atoms with Gasteiger partial charge < -0.3 is 4.42 Å². The van der Waals surface area contributed by atoms with E-state index in [1.54, 1.807) is 11.8 Å².